The van der Waals surface area contributed by atoms with Crippen molar-refractivity contribution in [1.82, 2.24) is 0 Å². The molecular weight excluding hydrogens is 429 g/mol. The Morgan fingerprint density at radius 3 is 2.59 bits per heavy atom. The molecule has 0 N–H and O–H groups in total. The Kier molecular flexibility index (Phi) is 5.14. The van der Waals surface area contributed by atoms with Crippen LogP contribution in [0, 0.1) is 19.7 Å². The lowest BCUT2D eigenvalue weighted by Gasteiger charge is -2.32. The number of anilines is 1. The molecule has 2 heterocycles. The quantitative estimate of drug-likeness (QED) is 0.352. The summed E-state index contributed by atoms with van der Waals surface area (Å²) in [5.41, 5.74) is 5.42. The van der Waals surface area contributed by atoms with Crippen molar-refractivity contribution in [1.29, 1.82) is 0 Å². The van der Waals surface area contributed by atoms with E-state index in [1.54, 1.807) is 12.1 Å². The molecule has 0 amide bonds. The lowest BCUT2D eigenvalue weighted by Crippen LogP contribution is -2.32. The number of benzene rings is 3. The molecule has 0 spiro atoms. The molecule has 3 aromatic carbocycles. The fraction of sp³-hybridized carbons (Fsp3) is 0.192. The van der Waals surface area contributed by atoms with Gasteiger partial charge in [-0.25, -0.2) is 9.18 Å². The minimum atomic E-state index is -0.452. The maximum absolute atomic E-state index is 13.6. The van der Waals surface area contributed by atoms with E-state index in [9.17, 15) is 9.18 Å². The van der Waals surface area contributed by atoms with Crippen molar-refractivity contribution >= 4 is 28.3 Å². The van der Waals surface area contributed by atoms with Crippen molar-refractivity contribution < 1.29 is 13.5 Å². The van der Waals surface area contributed by atoms with Gasteiger partial charge in [0, 0.05) is 40.7 Å². The van der Waals surface area contributed by atoms with Gasteiger partial charge in [-0.05, 0) is 49.2 Å². The highest BCUT2D eigenvalue weighted by Gasteiger charge is 2.24. The minimum absolute atomic E-state index is 0.0752. The van der Waals surface area contributed by atoms with E-state index < -0.39 is 5.82 Å². The molecule has 6 heteroatoms. The van der Waals surface area contributed by atoms with Crippen LogP contribution in [0.4, 0.5) is 10.1 Å². The average Bonchev–Trinajstić information content (AvgIpc) is 2.80. The number of rotatable bonds is 3. The van der Waals surface area contributed by atoms with E-state index in [1.165, 1.54) is 6.07 Å². The van der Waals surface area contributed by atoms with Crippen molar-refractivity contribution in [3.8, 4) is 5.75 Å². The third kappa shape index (κ3) is 3.53. The summed E-state index contributed by atoms with van der Waals surface area (Å²) in [7, 11) is 0. The summed E-state index contributed by atoms with van der Waals surface area (Å²) in [5.74, 6) is 0.271. The molecule has 4 nitrogen and oxygen atoms in total. The second-order valence-electron chi connectivity index (χ2n) is 8.09. The molecule has 32 heavy (non-hydrogen) atoms. The fourth-order valence-electron chi connectivity index (χ4n) is 4.30. The molecule has 5 rings (SSSR count). The first-order valence-corrected chi connectivity index (χ1v) is 10.8. The molecular formula is C26H21ClFNO3. The van der Waals surface area contributed by atoms with Crippen molar-refractivity contribution in [2.45, 2.75) is 26.8 Å². The molecule has 0 saturated heterocycles. The molecule has 4 aromatic rings. The smallest absolute Gasteiger partial charge is 0.340 e. The first-order chi connectivity index (χ1) is 15.4. The Balaban J connectivity index is 1.58. The Morgan fingerprint density at radius 1 is 1.06 bits per heavy atom. The van der Waals surface area contributed by atoms with Crippen LogP contribution in [0.15, 0.2) is 63.8 Å². The largest absolute Gasteiger partial charge is 0.472 e. The van der Waals surface area contributed by atoms with Gasteiger partial charge in [0.1, 0.15) is 17.1 Å². The molecule has 1 aromatic heterocycles. The summed E-state index contributed by atoms with van der Waals surface area (Å²) in [5, 5.41) is 0.973. The standard InChI is InChI=1S/C26H21ClFNO3/c1-15-20-11-18-13-29(19-8-9-23(28)22(27)12-19)14-31-24(18)16(2)25(20)32-26(30)21(15)10-17-6-4-3-5-7-17/h3-9,11-12H,10,13-14H2,1-2H3. The van der Waals surface area contributed by atoms with Crippen molar-refractivity contribution in [2.75, 3.05) is 11.6 Å². The van der Waals surface area contributed by atoms with Crippen LogP contribution in [0.5, 0.6) is 5.75 Å². The third-order valence-electron chi connectivity index (χ3n) is 6.05. The van der Waals surface area contributed by atoms with E-state index in [0.29, 0.717) is 24.1 Å². The van der Waals surface area contributed by atoms with Gasteiger partial charge in [0.25, 0.3) is 0 Å². The zero-order valence-electron chi connectivity index (χ0n) is 17.7. The van der Waals surface area contributed by atoms with Crippen LogP contribution >= 0.6 is 11.6 Å². The van der Waals surface area contributed by atoms with E-state index in [1.807, 2.05) is 55.1 Å². The molecule has 0 saturated carbocycles. The zero-order chi connectivity index (χ0) is 22.4. The first-order valence-electron chi connectivity index (χ1n) is 10.4. The molecule has 0 aliphatic carbocycles. The molecule has 1 aliphatic rings. The van der Waals surface area contributed by atoms with Crippen molar-refractivity contribution in [3.63, 3.8) is 0 Å². The van der Waals surface area contributed by atoms with E-state index in [4.69, 9.17) is 20.8 Å². The summed E-state index contributed by atoms with van der Waals surface area (Å²) in [6, 6.07) is 16.5. The topological polar surface area (TPSA) is 42.7 Å². The maximum atomic E-state index is 13.6. The Hall–Kier alpha value is -3.31. The number of fused-ring (bicyclic) bond motifs is 2. The molecule has 0 fully saturated rings. The fourth-order valence-corrected chi connectivity index (χ4v) is 4.47. The van der Waals surface area contributed by atoms with Gasteiger partial charge in [0.2, 0.25) is 0 Å². The van der Waals surface area contributed by atoms with Gasteiger partial charge in [0.05, 0.1) is 5.02 Å². The van der Waals surface area contributed by atoms with Gasteiger partial charge in [-0.1, -0.05) is 41.9 Å². The van der Waals surface area contributed by atoms with Crippen molar-refractivity contribution in [3.05, 3.63) is 104 Å². The van der Waals surface area contributed by atoms with Crippen LogP contribution in [0.1, 0.15) is 27.8 Å². The number of hydrogen-bond acceptors (Lipinski definition) is 4. The number of hydrogen-bond donors (Lipinski definition) is 0. The second kappa shape index (κ2) is 7.99. The van der Waals surface area contributed by atoms with Gasteiger partial charge < -0.3 is 14.1 Å². The van der Waals surface area contributed by atoms with Crippen LogP contribution < -0.4 is 15.3 Å². The minimum Gasteiger partial charge on any atom is -0.472 e. The number of nitrogens with zero attached hydrogens (tertiary/aromatic N) is 1. The third-order valence-corrected chi connectivity index (χ3v) is 6.34. The van der Waals surface area contributed by atoms with E-state index in [2.05, 4.69) is 0 Å². The van der Waals surface area contributed by atoms with Crippen molar-refractivity contribution in [2.24, 2.45) is 0 Å². The number of ether oxygens (including phenoxy) is 1. The van der Waals surface area contributed by atoms with Gasteiger partial charge in [-0.2, -0.15) is 0 Å². The van der Waals surface area contributed by atoms with Crippen LogP contribution in [-0.2, 0) is 13.0 Å². The summed E-state index contributed by atoms with van der Waals surface area (Å²) in [6.07, 6.45) is 0.512. The lowest BCUT2D eigenvalue weighted by molar-refractivity contribution is 0.287. The molecule has 0 atom stereocenters. The lowest BCUT2D eigenvalue weighted by atomic mass is 9.96. The van der Waals surface area contributed by atoms with Gasteiger partial charge in [0.15, 0.2) is 6.73 Å². The highest BCUT2D eigenvalue weighted by atomic mass is 35.5. The zero-order valence-corrected chi connectivity index (χ0v) is 18.5. The average molecular weight is 450 g/mol. The van der Waals surface area contributed by atoms with Crippen LogP contribution in [0.25, 0.3) is 11.0 Å². The normalized spacial score (nSPS) is 13.2. The monoisotopic (exact) mass is 449 g/mol. The van der Waals surface area contributed by atoms with Crippen LogP contribution in [0.2, 0.25) is 5.02 Å². The summed E-state index contributed by atoms with van der Waals surface area (Å²) in [4.78, 5) is 14.8. The SMILES string of the molecule is Cc1c(Cc2ccccc2)c(=O)oc2c(C)c3c(cc12)CN(c1ccc(F)c(Cl)c1)CO3. The van der Waals surface area contributed by atoms with E-state index in [0.717, 1.165) is 39.1 Å². The summed E-state index contributed by atoms with van der Waals surface area (Å²) >= 11 is 5.97. The molecule has 0 radical (unpaired) electrons. The Morgan fingerprint density at radius 2 is 1.84 bits per heavy atom. The highest BCUT2D eigenvalue weighted by molar-refractivity contribution is 6.31. The molecule has 0 bridgehead atoms. The van der Waals surface area contributed by atoms with Crippen LogP contribution in [0.3, 0.4) is 0 Å². The first kappa shape index (κ1) is 20.6. The van der Waals surface area contributed by atoms with Gasteiger partial charge in [-0.3, -0.25) is 0 Å². The molecule has 1 aliphatic heterocycles. The Labute approximate surface area is 189 Å². The summed E-state index contributed by atoms with van der Waals surface area (Å²) in [6.45, 7) is 4.73. The van der Waals surface area contributed by atoms with Gasteiger partial charge >= 0.3 is 5.63 Å². The number of aryl methyl sites for hydroxylation is 2. The van der Waals surface area contributed by atoms with Crippen LogP contribution in [-0.4, -0.2) is 6.73 Å². The predicted molar refractivity (Wildman–Crippen MR) is 124 cm³/mol. The number of halogens is 2. The highest BCUT2D eigenvalue weighted by Crippen LogP contribution is 2.38. The summed E-state index contributed by atoms with van der Waals surface area (Å²) < 4.78 is 25.4. The second-order valence-corrected chi connectivity index (χ2v) is 8.50. The van der Waals surface area contributed by atoms with Gasteiger partial charge in [-0.15, -0.1) is 0 Å². The Bertz CT molecular complexity index is 1400. The van der Waals surface area contributed by atoms with E-state index in [-0.39, 0.29) is 17.4 Å². The van der Waals surface area contributed by atoms with E-state index >= 15 is 0 Å². The predicted octanol–water partition coefficient (Wildman–Crippen LogP) is 6.15. The maximum Gasteiger partial charge on any atom is 0.340 e. The molecule has 162 valence electrons. The molecule has 0 unspecified atom stereocenters.